The van der Waals surface area contributed by atoms with Crippen molar-refractivity contribution in [3.8, 4) is 0 Å². The van der Waals surface area contributed by atoms with Crippen LogP contribution in [0.3, 0.4) is 0 Å². The van der Waals surface area contributed by atoms with Crippen LogP contribution in [0.2, 0.25) is 0 Å². The summed E-state index contributed by atoms with van der Waals surface area (Å²) in [5, 5.41) is 3.55. The van der Waals surface area contributed by atoms with E-state index in [0.29, 0.717) is 6.04 Å². The molecule has 1 fully saturated rings. The second kappa shape index (κ2) is 5.61. The minimum atomic E-state index is 0.687. The maximum Gasteiger partial charge on any atom is 0.0105 e. The smallest absolute Gasteiger partial charge is 0.0105 e. The Morgan fingerprint density at radius 3 is 2.85 bits per heavy atom. The van der Waals surface area contributed by atoms with E-state index < -0.39 is 0 Å². The summed E-state index contributed by atoms with van der Waals surface area (Å²) in [4.78, 5) is 2.50. The fraction of sp³-hybridized carbons (Fsp3) is 1.00. The van der Waals surface area contributed by atoms with Crippen molar-refractivity contribution in [1.82, 2.24) is 10.2 Å². The van der Waals surface area contributed by atoms with E-state index >= 15 is 0 Å². The molecule has 0 aromatic rings. The van der Waals surface area contributed by atoms with E-state index in [-0.39, 0.29) is 0 Å². The van der Waals surface area contributed by atoms with E-state index in [4.69, 9.17) is 0 Å². The highest BCUT2D eigenvalue weighted by atomic mass is 15.1. The van der Waals surface area contributed by atoms with Gasteiger partial charge >= 0.3 is 0 Å². The number of hydrogen-bond acceptors (Lipinski definition) is 2. The summed E-state index contributed by atoms with van der Waals surface area (Å²) in [6.07, 6.45) is 5.35. The quantitative estimate of drug-likeness (QED) is 0.701. The Labute approximate surface area is 82.7 Å². The lowest BCUT2D eigenvalue weighted by atomic mass is 10.1. The Hall–Kier alpha value is -0.0800. The molecule has 2 unspecified atom stereocenters. The van der Waals surface area contributed by atoms with Crippen molar-refractivity contribution < 1.29 is 0 Å². The second-order valence-electron chi connectivity index (χ2n) is 4.33. The maximum absolute atomic E-state index is 3.55. The SMILES string of the molecule is CCC(C)NCCC1CCCN1C. The molecule has 0 aromatic carbocycles. The van der Waals surface area contributed by atoms with Crippen molar-refractivity contribution in [3.63, 3.8) is 0 Å². The van der Waals surface area contributed by atoms with Crippen molar-refractivity contribution >= 4 is 0 Å². The van der Waals surface area contributed by atoms with E-state index in [1.54, 1.807) is 0 Å². The first-order valence-electron chi connectivity index (χ1n) is 5.67. The first-order valence-corrected chi connectivity index (χ1v) is 5.67. The highest BCUT2D eigenvalue weighted by molar-refractivity contribution is 4.77. The van der Waals surface area contributed by atoms with Gasteiger partial charge in [-0.05, 0) is 52.7 Å². The molecule has 1 N–H and O–H groups in total. The lowest BCUT2D eigenvalue weighted by Gasteiger charge is -2.20. The predicted octanol–water partition coefficient (Wildman–Crippen LogP) is 1.86. The summed E-state index contributed by atoms with van der Waals surface area (Å²) in [6, 6.07) is 1.53. The molecule has 0 bridgehead atoms. The third-order valence-corrected chi connectivity index (χ3v) is 3.25. The summed E-state index contributed by atoms with van der Waals surface area (Å²) in [7, 11) is 2.25. The van der Waals surface area contributed by atoms with E-state index in [1.165, 1.54) is 38.8 Å². The van der Waals surface area contributed by atoms with Crippen LogP contribution in [0.4, 0.5) is 0 Å². The normalized spacial score (nSPS) is 26.5. The van der Waals surface area contributed by atoms with Crippen molar-refractivity contribution in [2.24, 2.45) is 0 Å². The standard InChI is InChI=1S/C11H24N2/c1-4-10(2)12-8-7-11-6-5-9-13(11)3/h10-12H,4-9H2,1-3H3. The molecule has 0 radical (unpaired) electrons. The fourth-order valence-electron chi connectivity index (χ4n) is 1.98. The predicted molar refractivity (Wildman–Crippen MR) is 58.0 cm³/mol. The number of nitrogens with zero attached hydrogens (tertiary/aromatic N) is 1. The molecular formula is C11H24N2. The van der Waals surface area contributed by atoms with Crippen molar-refractivity contribution in [2.75, 3.05) is 20.1 Å². The summed E-state index contributed by atoms with van der Waals surface area (Å²) < 4.78 is 0. The molecule has 2 atom stereocenters. The Morgan fingerprint density at radius 1 is 1.54 bits per heavy atom. The van der Waals surface area contributed by atoms with Crippen LogP contribution in [-0.4, -0.2) is 37.1 Å². The number of nitrogens with one attached hydrogen (secondary N) is 1. The zero-order chi connectivity index (χ0) is 9.68. The Kier molecular flexibility index (Phi) is 4.74. The van der Waals surface area contributed by atoms with E-state index in [2.05, 4.69) is 31.1 Å². The zero-order valence-electron chi connectivity index (χ0n) is 9.34. The third-order valence-electron chi connectivity index (χ3n) is 3.25. The molecular weight excluding hydrogens is 160 g/mol. The minimum Gasteiger partial charge on any atom is -0.314 e. The van der Waals surface area contributed by atoms with Crippen molar-refractivity contribution in [1.29, 1.82) is 0 Å². The van der Waals surface area contributed by atoms with Crippen molar-refractivity contribution in [3.05, 3.63) is 0 Å². The van der Waals surface area contributed by atoms with Crippen LogP contribution in [0.1, 0.15) is 39.5 Å². The molecule has 1 aliphatic heterocycles. The van der Waals surface area contributed by atoms with Gasteiger partial charge in [-0.3, -0.25) is 0 Å². The largest absolute Gasteiger partial charge is 0.314 e. The molecule has 0 aliphatic carbocycles. The van der Waals surface area contributed by atoms with Crippen LogP contribution in [0, 0.1) is 0 Å². The summed E-state index contributed by atoms with van der Waals surface area (Å²) >= 11 is 0. The van der Waals surface area contributed by atoms with Gasteiger partial charge < -0.3 is 10.2 Å². The number of rotatable bonds is 5. The summed E-state index contributed by atoms with van der Waals surface area (Å²) in [6.45, 7) is 6.98. The molecule has 2 nitrogen and oxygen atoms in total. The highest BCUT2D eigenvalue weighted by Crippen LogP contribution is 2.16. The second-order valence-corrected chi connectivity index (χ2v) is 4.33. The summed E-state index contributed by atoms with van der Waals surface area (Å²) in [5.74, 6) is 0. The Balaban J connectivity index is 2.05. The molecule has 2 heteroatoms. The van der Waals surface area contributed by atoms with Gasteiger partial charge in [0.05, 0.1) is 0 Å². The van der Waals surface area contributed by atoms with Gasteiger partial charge in [0, 0.05) is 12.1 Å². The van der Waals surface area contributed by atoms with Gasteiger partial charge in [-0.15, -0.1) is 0 Å². The first kappa shape index (κ1) is 11.0. The lowest BCUT2D eigenvalue weighted by Crippen LogP contribution is -2.32. The molecule has 1 aliphatic rings. The van der Waals surface area contributed by atoms with Gasteiger partial charge in [-0.1, -0.05) is 6.92 Å². The highest BCUT2D eigenvalue weighted by Gasteiger charge is 2.19. The molecule has 1 saturated heterocycles. The topological polar surface area (TPSA) is 15.3 Å². The van der Waals surface area contributed by atoms with Crippen LogP contribution in [0.25, 0.3) is 0 Å². The van der Waals surface area contributed by atoms with Gasteiger partial charge in [0.2, 0.25) is 0 Å². The molecule has 0 aromatic heterocycles. The molecule has 0 amide bonds. The average molecular weight is 184 g/mol. The van der Waals surface area contributed by atoms with E-state index in [1.807, 2.05) is 0 Å². The van der Waals surface area contributed by atoms with E-state index in [9.17, 15) is 0 Å². The van der Waals surface area contributed by atoms with Gasteiger partial charge in [-0.25, -0.2) is 0 Å². The van der Waals surface area contributed by atoms with Gasteiger partial charge in [0.15, 0.2) is 0 Å². The van der Waals surface area contributed by atoms with Crippen molar-refractivity contribution in [2.45, 2.75) is 51.6 Å². The number of likely N-dealkylation sites (tertiary alicyclic amines) is 1. The molecule has 0 spiro atoms. The molecule has 1 heterocycles. The van der Waals surface area contributed by atoms with Crippen LogP contribution in [0.15, 0.2) is 0 Å². The van der Waals surface area contributed by atoms with Crippen LogP contribution in [-0.2, 0) is 0 Å². The lowest BCUT2D eigenvalue weighted by molar-refractivity contribution is 0.290. The maximum atomic E-state index is 3.55. The monoisotopic (exact) mass is 184 g/mol. The molecule has 13 heavy (non-hydrogen) atoms. The first-order chi connectivity index (χ1) is 6.24. The molecule has 1 rings (SSSR count). The zero-order valence-corrected chi connectivity index (χ0v) is 9.34. The average Bonchev–Trinajstić information content (AvgIpc) is 2.52. The van der Waals surface area contributed by atoms with Crippen LogP contribution >= 0.6 is 0 Å². The van der Waals surface area contributed by atoms with E-state index in [0.717, 1.165) is 6.04 Å². The van der Waals surface area contributed by atoms with Crippen LogP contribution < -0.4 is 5.32 Å². The molecule has 78 valence electrons. The minimum absolute atomic E-state index is 0.687. The fourth-order valence-corrected chi connectivity index (χ4v) is 1.98. The van der Waals surface area contributed by atoms with Gasteiger partial charge in [0.25, 0.3) is 0 Å². The van der Waals surface area contributed by atoms with Gasteiger partial charge in [0.1, 0.15) is 0 Å². The molecule has 0 saturated carbocycles. The number of hydrogen-bond donors (Lipinski definition) is 1. The van der Waals surface area contributed by atoms with Gasteiger partial charge in [-0.2, -0.15) is 0 Å². The summed E-state index contributed by atoms with van der Waals surface area (Å²) in [5.41, 5.74) is 0. The van der Waals surface area contributed by atoms with Crippen LogP contribution in [0.5, 0.6) is 0 Å². The Bertz CT molecular complexity index is 136. The third kappa shape index (κ3) is 3.65. The Morgan fingerprint density at radius 2 is 2.31 bits per heavy atom.